The fraction of sp³-hybridized carbons (Fsp3) is 0.316. The molecule has 0 spiro atoms. The molecule has 8 nitrogen and oxygen atoms in total. The number of carbonyl (C=O) groups is 1. The van der Waals surface area contributed by atoms with Gasteiger partial charge in [0.1, 0.15) is 5.75 Å². The summed E-state index contributed by atoms with van der Waals surface area (Å²) >= 11 is 0. The average molecular weight is 406 g/mol. The first-order valence-corrected chi connectivity index (χ1v) is 10.3. The maximum atomic E-state index is 12.6. The molecule has 0 aromatic heterocycles. The molecule has 3 rings (SSSR count). The van der Waals surface area contributed by atoms with Crippen molar-refractivity contribution < 1.29 is 27.8 Å². The fourth-order valence-electron chi connectivity index (χ4n) is 2.65. The van der Waals surface area contributed by atoms with E-state index in [0.717, 1.165) is 5.56 Å². The molecule has 9 heteroatoms. The first-order chi connectivity index (χ1) is 13.3. The Hall–Kier alpha value is -2.78. The van der Waals surface area contributed by atoms with Gasteiger partial charge in [-0.2, -0.15) is 4.72 Å². The number of phenols is 1. The summed E-state index contributed by atoms with van der Waals surface area (Å²) in [5.74, 6) is 0.141. The van der Waals surface area contributed by atoms with Gasteiger partial charge in [0.05, 0.1) is 29.8 Å². The van der Waals surface area contributed by atoms with Gasteiger partial charge in [-0.1, -0.05) is 6.07 Å². The van der Waals surface area contributed by atoms with Gasteiger partial charge >= 0.3 is 0 Å². The highest BCUT2D eigenvalue weighted by molar-refractivity contribution is 7.89. The number of anilines is 1. The topological polar surface area (TPSA) is 114 Å². The minimum atomic E-state index is -3.97. The maximum Gasteiger partial charge on any atom is 0.242 e. The number of hydrogen-bond acceptors (Lipinski definition) is 6. The molecule has 2 aromatic carbocycles. The average Bonchev–Trinajstić information content (AvgIpc) is 2.88. The molecular formula is C19H22N2O6S. The van der Waals surface area contributed by atoms with Crippen LogP contribution in [0.5, 0.6) is 17.2 Å². The number of fused-ring (bicyclic) bond motifs is 1. The molecule has 0 unspecified atom stereocenters. The van der Waals surface area contributed by atoms with Crippen LogP contribution in [0.15, 0.2) is 41.3 Å². The number of amides is 1. The van der Waals surface area contributed by atoms with E-state index in [1.54, 1.807) is 19.1 Å². The van der Waals surface area contributed by atoms with E-state index in [9.17, 15) is 18.3 Å². The second-order valence-corrected chi connectivity index (χ2v) is 8.23. The predicted molar refractivity (Wildman–Crippen MR) is 103 cm³/mol. The smallest absolute Gasteiger partial charge is 0.242 e. The Kier molecular flexibility index (Phi) is 5.76. The van der Waals surface area contributed by atoms with Gasteiger partial charge in [-0.25, -0.2) is 8.42 Å². The summed E-state index contributed by atoms with van der Waals surface area (Å²) < 4.78 is 38.6. The zero-order chi connectivity index (χ0) is 20.3. The number of benzene rings is 2. The molecule has 0 saturated heterocycles. The van der Waals surface area contributed by atoms with Crippen molar-refractivity contribution in [2.45, 2.75) is 31.2 Å². The third-order valence-electron chi connectivity index (χ3n) is 4.17. The van der Waals surface area contributed by atoms with Gasteiger partial charge in [0, 0.05) is 12.5 Å². The number of aromatic hydroxyl groups is 1. The van der Waals surface area contributed by atoms with E-state index in [2.05, 4.69) is 10.0 Å². The van der Waals surface area contributed by atoms with Crippen LogP contribution in [0.25, 0.3) is 0 Å². The summed E-state index contributed by atoms with van der Waals surface area (Å²) in [6, 6.07) is 8.01. The number of carbonyl (C=O) groups excluding carboxylic acids is 1. The van der Waals surface area contributed by atoms with Crippen LogP contribution in [0.3, 0.4) is 0 Å². The van der Waals surface area contributed by atoms with Gasteiger partial charge in [-0.05, 0) is 43.7 Å². The van der Waals surface area contributed by atoms with Crippen LogP contribution in [-0.4, -0.2) is 38.7 Å². The molecule has 150 valence electrons. The Balaban J connectivity index is 1.72. The van der Waals surface area contributed by atoms with E-state index >= 15 is 0 Å². The second kappa shape index (κ2) is 8.07. The molecule has 1 heterocycles. The Bertz CT molecular complexity index is 990. The number of aryl methyl sites for hydroxylation is 1. The SMILES string of the molecule is Cc1ccc(NC(=O)[C@H](C)NS(=O)(=O)c2ccc3c(c2)OCCCO3)c(O)c1. The number of nitrogens with one attached hydrogen (secondary N) is 2. The molecule has 0 saturated carbocycles. The van der Waals surface area contributed by atoms with Crippen LogP contribution in [-0.2, 0) is 14.8 Å². The van der Waals surface area contributed by atoms with Crippen molar-refractivity contribution in [3.05, 3.63) is 42.0 Å². The number of rotatable bonds is 5. The van der Waals surface area contributed by atoms with Crippen molar-refractivity contribution in [3.63, 3.8) is 0 Å². The van der Waals surface area contributed by atoms with Crippen molar-refractivity contribution in [1.29, 1.82) is 0 Å². The van der Waals surface area contributed by atoms with Gasteiger partial charge < -0.3 is 19.9 Å². The van der Waals surface area contributed by atoms with Crippen LogP contribution < -0.4 is 19.5 Å². The first kappa shape index (κ1) is 20.0. The molecule has 28 heavy (non-hydrogen) atoms. The van der Waals surface area contributed by atoms with E-state index in [0.29, 0.717) is 31.1 Å². The fourth-order valence-corrected chi connectivity index (χ4v) is 3.87. The van der Waals surface area contributed by atoms with Crippen molar-refractivity contribution in [1.82, 2.24) is 4.72 Å². The van der Waals surface area contributed by atoms with Crippen molar-refractivity contribution in [3.8, 4) is 17.2 Å². The predicted octanol–water partition coefficient (Wildman–Crippen LogP) is 2.17. The lowest BCUT2D eigenvalue weighted by Crippen LogP contribution is -2.41. The molecule has 1 aliphatic rings. The minimum Gasteiger partial charge on any atom is -0.506 e. The highest BCUT2D eigenvalue weighted by Crippen LogP contribution is 2.32. The largest absolute Gasteiger partial charge is 0.506 e. The van der Waals surface area contributed by atoms with E-state index in [4.69, 9.17) is 9.47 Å². The summed E-state index contributed by atoms with van der Waals surface area (Å²) in [5, 5.41) is 12.4. The van der Waals surface area contributed by atoms with Gasteiger partial charge in [0.25, 0.3) is 0 Å². The maximum absolute atomic E-state index is 12.6. The third kappa shape index (κ3) is 4.55. The van der Waals surface area contributed by atoms with E-state index in [1.165, 1.54) is 31.2 Å². The van der Waals surface area contributed by atoms with Gasteiger partial charge in [0.2, 0.25) is 15.9 Å². The quantitative estimate of drug-likeness (QED) is 0.656. The highest BCUT2D eigenvalue weighted by Gasteiger charge is 2.24. The van der Waals surface area contributed by atoms with Crippen LogP contribution >= 0.6 is 0 Å². The Morgan fingerprint density at radius 1 is 1.11 bits per heavy atom. The summed E-state index contributed by atoms with van der Waals surface area (Å²) in [6.07, 6.45) is 0.706. The Morgan fingerprint density at radius 2 is 1.82 bits per heavy atom. The van der Waals surface area contributed by atoms with Crippen molar-refractivity contribution >= 4 is 21.6 Å². The minimum absolute atomic E-state index is 0.0328. The van der Waals surface area contributed by atoms with Gasteiger partial charge in [-0.3, -0.25) is 4.79 Å². The van der Waals surface area contributed by atoms with Gasteiger partial charge in [0.15, 0.2) is 11.5 Å². The summed E-state index contributed by atoms with van der Waals surface area (Å²) in [7, 11) is -3.97. The third-order valence-corrected chi connectivity index (χ3v) is 5.70. The molecule has 0 aliphatic carbocycles. The van der Waals surface area contributed by atoms with Crippen LogP contribution in [0.4, 0.5) is 5.69 Å². The summed E-state index contributed by atoms with van der Waals surface area (Å²) in [6.45, 7) is 4.15. The Morgan fingerprint density at radius 3 is 2.54 bits per heavy atom. The highest BCUT2D eigenvalue weighted by atomic mass is 32.2. The normalized spacial score (nSPS) is 14.8. The molecule has 2 aromatic rings. The van der Waals surface area contributed by atoms with Crippen LogP contribution in [0.1, 0.15) is 18.9 Å². The Labute approximate surface area is 163 Å². The van der Waals surface area contributed by atoms with Crippen molar-refractivity contribution in [2.75, 3.05) is 18.5 Å². The molecule has 1 atom stereocenters. The molecule has 0 bridgehead atoms. The molecule has 3 N–H and O–H groups in total. The van der Waals surface area contributed by atoms with E-state index in [-0.39, 0.29) is 16.3 Å². The molecule has 0 radical (unpaired) electrons. The zero-order valence-electron chi connectivity index (χ0n) is 15.6. The lowest BCUT2D eigenvalue weighted by molar-refractivity contribution is -0.117. The lowest BCUT2D eigenvalue weighted by atomic mass is 10.2. The van der Waals surface area contributed by atoms with E-state index < -0.39 is 22.0 Å². The number of phenolic OH excluding ortho intramolecular Hbond substituents is 1. The second-order valence-electron chi connectivity index (χ2n) is 6.51. The molecule has 1 aliphatic heterocycles. The first-order valence-electron chi connectivity index (χ1n) is 8.79. The summed E-state index contributed by atoms with van der Waals surface area (Å²) in [5.41, 5.74) is 1.04. The monoisotopic (exact) mass is 406 g/mol. The lowest BCUT2D eigenvalue weighted by Gasteiger charge is -2.16. The summed E-state index contributed by atoms with van der Waals surface area (Å²) in [4.78, 5) is 12.3. The number of sulfonamides is 1. The molecule has 1 amide bonds. The zero-order valence-corrected chi connectivity index (χ0v) is 16.4. The van der Waals surface area contributed by atoms with Gasteiger partial charge in [-0.15, -0.1) is 0 Å². The molecular weight excluding hydrogens is 384 g/mol. The standard InChI is InChI=1S/C19H22N2O6S/c1-12-4-6-15(16(22)10-12)20-19(23)13(2)21-28(24,25)14-5-7-17-18(11-14)27-9-3-8-26-17/h4-7,10-11,13,21-22H,3,8-9H2,1-2H3,(H,20,23)/t13-/m0/s1. The number of ether oxygens (including phenoxy) is 2. The van der Waals surface area contributed by atoms with E-state index in [1.807, 2.05) is 0 Å². The van der Waals surface area contributed by atoms with Crippen LogP contribution in [0, 0.1) is 6.92 Å². The number of hydrogen-bond donors (Lipinski definition) is 3. The van der Waals surface area contributed by atoms with Crippen molar-refractivity contribution in [2.24, 2.45) is 0 Å². The molecule has 0 fully saturated rings. The van der Waals surface area contributed by atoms with Crippen LogP contribution in [0.2, 0.25) is 0 Å².